The highest BCUT2D eigenvalue weighted by molar-refractivity contribution is 7.89. The number of nitrogens with one attached hydrogen (secondary N) is 1. The zero-order valence-corrected chi connectivity index (χ0v) is 18.2. The summed E-state index contributed by atoms with van der Waals surface area (Å²) in [4.78, 5) is 20.0. The predicted octanol–water partition coefficient (Wildman–Crippen LogP) is 1.60. The van der Waals surface area contributed by atoms with Gasteiger partial charge in [-0.05, 0) is 63.4 Å². The molecule has 0 bridgehead atoms. The van der Waals surface area contributed by atoms with Gasteiger partial charge in [0.25, 0.3) is 5.91 Å². The minimum Gasteiger partial charge on any atom is -0.390 e. The average molecular weight is 434 g/mol. The molecule has 1 amide bonds. The number of aliphatic imine (C=N–C) groups is 1. The number of rotatable bonds is 7. The van der Waals surface area contributed by atoms with Gasteiger partial charge in [-0.25, -0.2) is 18.1 Å². The Kier molecular flexibility index (Phi) is 6.96. The molecular formula is C20H27N5O4S. The molecule has 0 saturated heterocycles. The van der Waals surface area contributed by atoms with Gasteiger partial charge < -0.3 is 16.6 Å². The van der Waals surface area contributed by atoms with Gasteiger partial charge in [0.05, 0.1) is 16.1 Å². The molecule has 0 aliphatic rings. The first-order valence-corrected chi connectivity index (χ1v) is 10.7. The van der Waals surface area contributed by atoms with Crippen LogP contribution in [-0.2, 0) is 10.0 Å². The van der Waals surface area contributed by atoms with Crippen molar-refractivity contribution in [2.24, 2.45) is 10.7 Å². The van der Waals surface area contributed by atoms with Crippen LogP contribution in [0.4, 0.5) is 5.82 Å². The highest BCUT2D eigenvalue weighted by Gasteiger charge is 2.19. The van der Waals surface area contributed by atoms with Crippen molar-refractivity contribution in [3.63, 3.8) is 0 Å². The second-order valence-electron chi connectivity index (χ2n) is 7.65. The maximum absolute atomic E-state index is 12.6. The lowest BCUT2D eigenvalue weighted by molar-refractivity contribution is 0.0727. The van der Waals surface area contributed by atoms with E-state index in [0.29, 0.717) is 11.1 Å². The maximum atomic E-state index is 12.6. The number of anilines is 1. The summed E-state index contributed by atoms with van der Waals surface area (Å²) in [6.45, 7) is 6.60. The van der Waals surface area contributed by atoms with Gasteiger partial charge in [-0.3, -0.25) is 4.79 Å². The highest BCUT2D eigenvalue weighted by Crippen LogP contribution is 2.28. The molecule has 10 heteroatoms. The minimum absolute atomic E-state index is 0.00321. The second-order valence-corrected chi connectivity index (χ2v) is 9.42. The van der Waals surface area contributed by atoms with Crippen LogP contribution in [0.3, 0.4) is 0 Å². The van der Waals surface area contributed by atoms with Crippen LogP contribution in [0.15, 0.2) is 40.4 Å². The van der Waals surface area contributed by atoms with Crippen LogP contribution in [0.25, 0.3) is 11.1 Å². The van der Waals surface area contributed by atoms with Gasteiger partial charge in [0.1, 0.15) is 11.7 Å². The molecular weight excluding hydrogens is 406 g/mol. The summed E-state index contributed by atoms with van der Waals surface area (Å²) < 4.78 is 27.8. The molecule has 0 fully saturated rings. The van der Waals surface area contributed by atoms with E-state index >= 15 is 0 Å². The zero-order chi connectivity index (χ0) is 22.7. The Bertz CT molecular complexity index is 1080. The molecule has 0 spiro atoms. The van der Waals surface area contributed by atoms with Gasteiger partial charge in [0.15, 0.2) is 0 Å². The van der Waals surface area contributed by atoms with E-state index in [-0.39, 0.29) is 35.1 Å². The zero-order valence-electron chi connectivity index (χ0n) is 17.4. The van der Waals surface area contributed by atoms with Gasteiger partial charge >= 0.3 is 0 Å². The number of sulfonamides is 1. The van der Waals surface area contributed by atoms with Crippen LogP contribution >= 0.6 is 0 Å². The summed E-state index contributed by atoms with van der Waals surface area (Å²) in [6, 6.07) is 6.17. The highest BCUT2D eigenvalue weighted by atomic mass is 32.2. The van der Waals surface area contributed by atoms with Gasteiger partial charge in [-0.1, -0.05) is 6.07 Å². The summed E-state index contributed by atoms with van der Waals surface area (Å²) >= 11 is 0. The number of nitrogens with two attached hydrogens (primary N) is 2. The number of pyridine rings is 1. The van der Waals surface area contributed by atoms with Crippen LogP contribution in [0, 0.1) is 6.92 Å². The Morgan fingerprint density at radius 3 is 2.57 bits per heavy atom. The first kappa shape index (κ1) is 23.5. The number of hydrogen-bond acceptors (Lipinski definition) is 6. The van der Waals surface area contributed by atoms with Crippen molar-refractivity contribution in [3.8, 4) is 11.1 Å². The van der Waals surface area contributed by atoms with Gasteiger partial charge in [-0.2, -0.15) is 4.99 Å². The summed E-state index contributed by atoms with van der Waals surface area (Å²) in [5, 5.41) is 9.77. The van der Waals surface area contributed by atoms with Gasteiger partial charge in [0.2, 0.25) is 10.0 Å². The number of aryl methyl sites for hydroxylation is 1. The quantitative estimate of drug-likeness (QED) is 0.381. The van der Waals surface area contributed by atoms with E-state index in [1.54, 1.807) is 19.9 Å². The second kappa shape index (κ2) is 8.90. The van der Waals surface area contributed by atoms with E-state index in [2.05, 4.69) is 14.7 Å². The van der Waals surface area contributed by atoms with Gasteiger partial charge in [0, 0.05) is 18.3 Å². The van der Waals surface area contributed by atoms with E-state index < -0.39 is 21.5 Å². The van der Waals surface area contributed by atoms with E-state index in [9.17, 15) is 18.3 Å². The van der Waals surface area contributed by atoms with Crippen molar-refractivity contribution in [1.82, 2.24) is 9.71 Å². The fourth-order valence-electron chi connectivity index (χ4n) is 2.67. The molecule has 1 aromatic heterocycles. The first-order valence-electron chi connectivity index (χ1n) is 9.24. The standard InChI is InChI=1S/C20H27N5O4S/c1-12-5-6-15(30(28,29)24-8-7-20(3,4)27)10-16(12)14-9-17(18(22)23-11-14)19(26)25-13(2)21/h5-6,9-11,24,27H,7-8H2,1-4H3,(H2,22,23)(H2,21,25,26). The number of aromatic nitrogens is 1. The Morgan fingerprint density at radius 1 is 1.30 bits per heavy atom. The molecule has 2 aromatic rings. The molecule has 0 unspecified atom stereocenters. The molecule has 1 heterocycles. The number of amidine groups is 1. The molecule has 30 heavy (non-hydrogen) atoms. The molecule has 6 N–H and O–H groups in total. The van der Waals surface area contributed by atoms with Crippen molar-refractivity contribution in [1.29, 1.82) is 0 Å². The fraction of sp³-hybridized carbons (Fsp3) is 0.350. The summed E-state index contributed by atoms with van der Waals surface area (Å²) in [5.41, 5.74) is 12.2. The number of nitrogen functional groups attached to an aromatic ring is 1. The Morgan fingerprint density at radius 2 is 1.97 bits per heavy atom. The third-order valence-electron chi connectivity index (χ3n) is 4.29. The molecule has 0 aliphatic heterocycles. The lowest BCUT2D eigenvalue weighted by Crippen LogP contribution is -2.30. The molecule has 0 radical (unpaired) electrons. The summed E-state index contributed by atoms with van der Waals surface area (Å²) in [7, 11) is -3.79. The Balaban J connectivity index is 2.42. The van der Waals surface area contributed by atoms with E-state index in [4.69, 9.17) is 11.5 Å². The topological polar surface area (TPSA) is 161 Å². The predicted molar refractivity (Wildman–Crippen MR) is 117 cm³/mol. The molecule has 2 rings (SSSR count). The third kappa shape index (κ3) is 6.09. The monoisotopic (exact) mass is 433 g/mol. The Labute approximate surface area is 176 Å². The first-order chi connectivity index (χ1) is 13.8. The maximum Gasteiger partial charge on any atom is 0.282 e. The van der Waals surface area contributed by atoms with Crippen molar-refractivity contribution in [3.05, 3.63) is 41.6 Å². The molecule has 0 aliphatic carbocycles. The van der Waals surface area contributed by atoms with Crippen LogP contribution in [0.1, 0.15) is 43.1 Å². The van der Waals surface area contributed by atoms with E-state index in [1.807, 2.05) is 6.92 Å². The lowest BCUT2D eigenvalue weighted by atomic mass is 10.0. The molecule has 0 atom stereocenters. The van der Waals surface area contributed by atoms with Crippen molar-refractivity contribution < 1.29 is 18.3 Å². The number of benzene rings is 1. The number of carbonyl (C=O) groups is 1. The minimum atomic E-state index is -3.79. The summed E-state index contributed by atoms with van der Waals surface area (Å²) in [5.74, 6) is -0.536. The number of aliphatic hydroxyl groups is 1. The van der Waals surface area contributed by atoms with Crippen molar-refractivity contribution >= 4 is 27.6 Å². The van der Waals surface area contributed by atoms with Crippen molar-refractivity contribution in [2.45, 2.75) is 44.6 Å². The third-order valence-corrected chi connectivity index (χ3v) is 5.74. The SMILES string of the molecule is CC(N)=NC(=O)c1cc(-c2cc(S(=O)(=O)NCCC(C)(C)O)ccc2C)cnc1N. The molecule has 0 saturated carbocycles. The number of nitrogens with zero attached hydrogens (tertiary/aromatic N) is 2. The Hall–Kier alpha value is -2.82. The van der Waals surface area contributed by atoms with Gasteiger partial charge in [-0.15, -0.1) is 0 Å². The van der Waals surface area contributed by atoms with Crippen LogP contribution in [0.2, 0.25) is 0 Å². The molecule has 1 aromatic carbocycles. The normalized spacial score (nSPS) is 12.8. The lowest BCUT2D eigenvalue weighted by Gasteiger charge is -2.17. The van der Waals surface area contributed by atoms with Crippen LogP contribution in [0.5, 0.6) is 0 Å². The number of carbonyl (C=O) groups excluding carboxylic acids is 1. The van der Waals surface area contributed by atoms with Crippen molar-refractivity contribution in [2.75, 3.05) is 12.3 Å². The largest absolute Gasteiger partial charge is 0.390 e. The smallest absolute Gasteiger partial charge is 0.282 e. The molecule has 162 valence electrons. The van der Waals surface area contributed by atoms with E-state index in [1.165, 1.54) is 31.3 Å². The summed E-state index contributed by atoms with van der Waals surface area (Å²) in [6.07, 6.45) is 1.73. The van der Waals surface area contributed by atoms with Crippen LogP contribution in [-0.4, -0.2) is 42.4 Å². The van der Waals surface area contributed by atoms with E-state index in [0.717, 1.165) is 5.56 Å². The average Bonchev–Trinajstić information content (AvgIpc) is 2.60. The number of amides is 1. The molecule has 9 nitrogen and oxygen atoms in total. The number of hydrogen-bond donors (Lipinski definition) is 4. The fourth-order valence-corrected chi connectivity index (χ4v) is 3.73. The van der Waals surface area contributed by atoms with Crippen LogP contribution < -0.4 is 16.2 Å².